The molecule has 2 aromatic carbocycles. The van der Waals surface area contributed by atoms with E-state index in [2.05, 4.69) is 33.6 Å². The molecule has 1 aliphatic rings. The van der Waals surface area contributed by atoms with Gasteiger partial charge in [0, 0.05) is 23.7 Å². The lowest BCUT2D eigenvalue weighted by Gasteiger charge is -2.11. The van der Waals surface area contributed by atoms with E-state index in [4.69, 9.17) is 9.41 Å². The number of carbonyl (C=O) groups excluding carboxylic acids is 1. The number of benzene rings is 2. The molecule has 6 rings (SSSR count). The summed E-state index contributed by atoms with van der Waals surface area (Å²) in [5.41, 5.74) is 6.44. The second kappa shape index (κ2) is 9.22. The van der Waals surface area contributed by atoms with Gasteiger partial charge in [-0.05, 0) is 23.6 Å². The van der Waals surface area contributed by atoms with Crippen LogP contribution < -0.4 is 5.32 Å². The molecule has 0 fully saturated rings. The Kier molecular flexibility index (Phi) is 5.61. The van der Waals surface area contributed by atoms with Crippen LogP contribution in [-0.4, -0.2) is 37.5 Å². The molecule has 0 radical (unpaired) electrons. The summed E-state index contributed by atoms with van der Waals surface area (Å²) in [5.74, 6) is 0.266. The molecule has 0 aliphatic carbocycles. The largest absolute Gasteiger partial charge is 0.403 e. The van der Waals surface area contributed by atoms with E-state index in [1.807, 2.05) is 71.4 Å². The number of aromatic nitrogens is 4. The van der Waals surface area contributed by atoms with Gasteiger partial charge in [0.25, 0.3) is 5.89 Å². The third-order valence-corrected chi connectivity index (χ3v) is 6.31. The Hall–Kier alpha value is -4.59. The van der Waals surface area contributed by atoms with Crippen molar-refractivity contribution in [3.63, 3.8) is 0 Å². The van der Waals surface area contributed by atoms with Gasteiger partial charge < -0.3 is 9.73 Å². The molecule has 5 aromatic rings. The van der Waals surface area contributed by atoms with E-state index in [9.17, 15) is 4.79 Å². The molecule has 0 spiro atoms. The number of carbonyl (C=O) groups is 1. The summed E-state index contributed by atoms with van der Waals surface area (Å²) in [5, 5.41) is 15.9. The molecule has 1 N–H and O–H groups in total. The van der Waals surface area contributed by atoms with Gasteiger partial charge in [0.15, 0.2) is 11.9 Å². The number of aryl methyl sites for hydroxylation is 1. The van der Waals surface area contributed by atoms with Crippen LogP contribution in [0.3, 0.4) is 0 Å². The molecule has 0 bridgehead atoms. The summed E-state index contributed by atoms with van der Waals surface area (Å²) in [6, 6.07) is 21.9. The van der Waals surface area contributed by atoms with Crippen LogP contribution in [0.25, 0.3) is 17.0 Å². The van der Waals surface area contributed by atoms with Crippen molar-refractivity contribution in [2.45, 2.75) is 32.4 Å². The molecule has 0 amide bonds. The van der Waals surface area contributed by atoms with E-state index in [1.54, 1.807) is 6.20 Å². The van der Waals surface area contributed by atoms with Gasteiger partial charge in [0.05, 0.1) is 23.0 Å². The van der Waals surface area contributed by atoms with Crippen LogP contribution in [0.4, 0.5) is 6.01 Å². The van der Waals surface area contributed by atoms with Crippen molar-refractivity contribution in [2.24, 2.45) is 4.99 Å². The molecule has 0 saturated carbocycles. The fourth-order valence-corrected chi connectivity index (χ4v) is 4.65. The predicted molar refractivity (Wildman–Crippen MR) is 137 cm³/mol. The van der Waals surface area contributed by atoms with Crippen LogP contribution >= 0.6 is 0 Å². The van der Waals surface area contributed by atoms with Gasteiger partial charge in [-0.3, -0.25) is 9.79 Å². The highest BCUT2D eigenvalue weighted by atomic mass is 16.4. The number of nitrogens with zero attached hydrogens (tertiary/aromatic N) is 5. The molecule has 8 nitrogen and oxygen atoms in total. The molecule has 8 heteroatoms. The first-order valence-corrected chi connectivity index (χ1v) is 12.0. The topological polar surface area (TPSA) is 97.7 Å². The third kappa shape index (κ3) is 3.96. The van der Waals surface area contributed by atoms with Crippen molar-refractivity contribution in [2.75, 3.05) is 5.32 Å². The van der Waals surface area contributed by atoms with Gasteiger partial charge in [-0.2, -0.15) is 5.10 Å². The van der Waals surface area contributed by atoms with Crippen LogP contribution in [0.15, 0.2) is 88.5 Å². The zero-order valence-corrected chi connectivity index (χ0v) is 19.8. The maximum atomic E-state index is 13.2. The lowest BCUT2D eigenvalue weighted by atomic mass is 9.96. The highest BCUT2D eigenvalue weighted by Gasteiger charge is 2.27. The Morgan fingerprint density at radius 3 is 2.69 bits per heavy atom. The monoisotopic (exact) mass is 476 g/mol. The third-order valence-electron chi connectivity index (χ3n) is 6.31. The number of Topliss-reactive ketones (excluding diaryl/α,β-unsaturated/α-hetero) is 1. The van der Waals surface area contributed by atoms with E-state index in [0.29, 0.717) is 5.89 Å². The molecular weight excluding hydrogens is 452 g/mol. The van der Waals surface area contributed by atoms with Crippen LogP contribution in [0.5, 0.6) is 0 Å². The number of anilines is 1. The number of fused-ring (bicyclic) bond motifs is 2. The number of hydrogen-bond donors (Lipinski definition) is 1. The summed E-state index contributed by atoms with van der Waals surface area (Å²) in [4.78, 5) is 18.0. The fraction of sp³-hybridized carbons (Fsp3) is 0.179. The van der Waals surface area contributed by atoms with E-state index < -0.39 is 6.17 Å². The molecule has 0 saturated heterocycles. The Labute approximate surface area is 207 Å². The van der Waals surface area contributed by atoms with Crippen LogP contribution in [-0.2, 0) is 17.6 Å². The molecular formula is C28H24N6O2. The fourth-order valence-electron chi connectivity index (χ4n) is 4.65. The first kappa shape index (κ1) is 21.9. The first-order chi connectivity index (χ1) is 17.7. The van der Waals surface area contributed by atoms with E-state index in [-0.39, 0.29) is 18.2 Å². The van der Waals surface area contributed by atoms with Gasteiger partial charge in [0.2, 0.25) is 0 Å². The zero-order chi connectivity index (χ0) is 24.5. The lowest BCUT2D eigenvalue weighted by Crippen LogP contribution is -2.29. The summed E-state index contributed by atoms with van der Waals surface area (Å²) in [7, 11) is 0. The predicted octanol–water partition coefficient (Wildman–Crippen LogP) is 4.74. The van der Waals surface area contributed by atoms with Gasteiger partial charge >= 0.3 is 6.01 Å². The molecule has 3 aromatic heterocycles. The van der Waals surface area contributed by atoms with E-state index in [0.717, 1.165) is 51.9 Å². The van der Waals surface area contributed by atoms with Gasteiger partial charge in [-0.25, -0.2) is 4.52 Å². The summed E-state index contributed by atoms with van der Waals surface area (Å²) in [6.45, 7) is 2.14. The average Bonchev–Trinajstić information content (AvgIpc) is 3.52. The van der Waals surface area contributed by atoms with Crippen LogP contribution in [0, 0.1) is 0 Å². The second-order valence-corrected chi connectivity index (χ2v) is 8.74. The summed E-state index contributed by atoms with van der Waals surface area (Å²) >= 11 is 0. The van der Waals surface area contributed by atoms with Crippen LogP contribution in [0.2, 0.25) is 0 Å². The first-order valence-electron chi connectivity index (χ1n) is 12.0. The minimum atomic E-state index is -0.861. The molecule has 178 valence electrons. The lowest BCUT2D eigenvalue weighted by molar-refractivity contribution is -0.119. The number of nitrogens with one attached hydrogen (secondary N) is 1. The molecule has 36 heavy (non-hydrogen) atoms. The number of aliphatic imine (C=N–C) groups is 1. The Morgan fingerprint density at radius 1 is 1.00 bits per heavy atom. The number of ketones is 1. The molecule has 0 unspecified atom stereocenters. The van der Waals surface area contributed by atoms with E-state index in [1.165, 1.54) is 0 Å². The number of rotatable bonds is 6. The van der Waals surface area contributed by atoms with Crippen molar-refractivity contribution >= 4 is 23.0 Å². The summed E-state index contributed by atoms with van der Waals surface area (Å²) < 4.78 is 7.79. The quantitative estimate of drug-likeness (QED) is 0.380. The highest BCUT2D eigenvalue weighted by molar-refractivity contribution is 6.16. The normalized spacial score (nSPS) is 15.4. The van der Waals surface area contributed by atoms with Crippen molar-refractivity contribution in [1.82, 2.24) is 19.8 Å². The van der Waals surface area contributed by atoms with Gasteiger partial charge in [-0.15, -0.1) is 5.10 Å². The maximum absolute atomic E-state index is 13.2. The van der Waals surface area contributed by atoms with Crippen molar-refractivity contribution in [1.29, 1.82) is 0 Å². The number of hydrogen-bond acceptors (Lipinski definition) is 7. The highest BCUT2D eigenvalue weighted by Crippen LogP contribution is 2.28. The maximum Gasteiger partial charge on any atom is 0.317 e. The van der Waals surface area contributed by atoms with Crippen molar-refractivity contribution in [3.8, 4) is 11.5 Å². The van der Waals surface area contributed by atoms with Crippen molar-refractivity contribution in [3.05, 3.63) is 101 Å². The Morgan fingerprint density at radius 2 is 1.83 bits per heavy atom. The second-order valence-electron chi connectivity index (χ2n) is 8.74. The standard InChI is InChI=1S/C28H24N6O2/c1-2-9-19-13-8-15-34-25(19)22(17-29-34)27-32-33-28(36-27)31-26-23(35)16-20-12-6-7-14-21(20)24(30-26)18-10-4-3-5-11-18/h3-8,10-15,17,26H,2,9,16H2,1H3,(H,31,33)/t26-/m1/s1. The van der Waals surface area contributed by atoms with Gasteiger partial charge in [0.1, 0.15) is 0 Å². The minimum absolute atomic E-state index is 0.0747. The molecule has 1 atom stereocenters. The molecule has 1 aliphatic heterocycles. The SMILES string of the molecule is CCCc1cccn2ncc(-c3nnc(N[C@H]4N=C(c5ccccc5)c5ccccc5CC4=O)o3)c12. The van der Waals surface area contributed by atoms with Crippen molar-refractivity contribution < 1.29 is 9.21 Å². The number of pyridine rings is 1. The molecule has 4 heterocycles. The zero-order valence-electron chi connectivity index (χ0n) is 19.8. The average molecular weight is 477 g/mol. The van der Waals surface area contributed by atoms with Crippen LogP contribution in [0.1, 0.15) is 35.6 Å². The minimum Gasteiger partial charge on any atom is -0.403 e. The Balaban J connectivity index is 1.35. The smallest absolute Gasteiger partial charge is 0.317 e. The van der Waals surface area contributed by atoms with Gasteiger partial charge in [-0.1, -0.05) is 79.1 Å². The Bertz CT molecular complexity index is 1580. The van der Waals surface area contributed by atoms with E-state index >= 15 is 0 Å². The summed E-state index contributed by atoms with van der Waals surface area (Å²) in [6.07, 6.45) is 4.94.